The van der Waals surface area contributed by atoms with Crippen molar-refractivity contribution in [3.8, 4) is 5.75 Å². The van der Waals surface area contributed by atoms with Gasteiger partial charge in [0.2, 0.25) is 0 Å². The summed E-state index contributed by atoms with van der Waals surface area (Å²) in [4.78, 5) is 2.54. The predicted molar refractivity (Wildman–Crippen MR) is 126 cm³/mol. The molecule has 1 fully saturated rings. The standard InChI is InChI=1S/C28H30FNO/c29-26-11-13-27(14-12-26)31-22-18-23-15-19-30(20-16-23)21-17-28(24-7-3-1-4-8-24)25-9-5-2-6-10-25/h1-14,17,23H,15-16,18-22H2. The molecule has 1 aliphatic heterocycles. The van der Waals surface area contributed by atoms with Crippen LogP contribution in [0.15, 0.2) is 91.0 Å². The summed E-state index contributed by atoms with van der Waals surface area (Å²) in [6.07, 6.45) is 5.84. The number of ether oxygens (including phenoxy) is 1. The molecular weight excluding hydrogens is 385 g/mol. The van der Waals surface area contributed by atoms with Crippen LogP contribution in [0.1, 0.15) is 30.4 Å². The first-order valence-electron chi connectivity index (χ1n) is 11.2. The monoisotopic (exact) mass is 415 g/mol. The van der Waals surface area contributed by atoms with Crippen molar-refractivity contribution >= 4 is 5.57 Å². The van der Waals surface area contributed by atoms with Crippen LogP contribution >= 0.6 is 0 Å². The zero-order valence-electron chi connectivity index (χ0n) is 17.9. The minimum Gasteiger partial charge on any atom is -0.494 e. The first-order valence-corrected chi connectivity index (χ1v) is 11.2. The third kappa shape index (κ3) is 6.28. The zero-order valence-corrected chi connectivity index (χ0v) is 17.9. The van der Waals surface area contributed by atoms with Crippen molar-refractivity contribution < 1.29 is 9.13 Å². The lowest BCUT2D eigenvalue weighted by molar-refractivity contribution is 0.175. The fourth-order valence-electron chi connectivity index (χ4n) is 4.19. The molecule has 0 spiro atoms. The summed E-state index contributed by atoms with van der Waals surface area (Å²) in [5.74, 6) is 1.22. The van der Waals surface area contributed by atoms with Gasteiger partial charge in [0, 0.05) is 6.54 Å². The van der Waals surface area contributed by atoms with E-state index in [-0.39, 0.29) is 5.82 Å². The fourth-order valence-corrected chi connectivity index (χ4v) is 4.19. The third-order valence-electron chi connectivity index (χ3n) is 6.04. The SMILES string of the molecule is Fc1ccc(OCCC2CCN(CC=C(c3ccccc3)c3ccccc3)CC2)cc1. The largest absolute Gasteiger partial charge is 0.494 e. The molecule has 0 N–H and O–H groups in total. The van der Waals surface area contributed by atoms with E-state index in [0.29, 0.717) is 12.5 Å². The van der Waals surface area contributed by atoms with Gasteiger partial charge in [-0.15, -0.1) is 0 Å². The topological polar surface area (TPSA) is 12.5 Å². The molecule has 0 saturated carbocycles. The van der Waals surface area contributed by atoms with Gasteiger partial charge in [-0.2, -0.15) is 0 Å². The van der Waals surface area contributed by atoms with Crippen molar-refractivity contribution in [3.63, 3.8) is 0 Å². The number of piperidine rings is 1. The Kier molecular flexibility index (Phi) is 7.51. The molecule has 0 aromatic heterocycles. The average molecular weight is 416 g/mol. The average Bonchev–Trinajstić information content (AvgIpc) is 2.83. The molecule has 0 amide bonds. The van der Waals surface area contributed by atoms with Crippen LogP contribution in [0.4, 0.5) is 4.39 Å². The predicted octanol–water partition coefficient (Wildman–Crippen LogP) is 6.44. The second-order valence-electron chi connectivity index (χ2n) is 8.18. The van der Waals surface area contributed by atoms with Gasteiger partial charge < -0.3 is 4.74 Å². The summed E-state index contributed by atoms with van der Waals surface area (Å²) in [6, 6.07) is 27.6. The summed E-state index contributed by atoms with van der Waals surface area (Å²) in [7, 11) is 0. The van der Waals surface area contributed by atoms with E-state index < -0.39 is 0 Å². The molecule has 160 valence electrons. The maximum atomic E-state index is 13.0. The van der Waals surface area contributed by atoms with E-state index in [1.807, 2.05) is 0 Å². The summed E-state index contributed by atoms with van der Waals surface area (Å²) in [5, 5.41) is 0. The lowest BCUT2D eigenvalue weighted by atomic mass is 9.93. The summed E-state index contributed by atoms with van der Waals surface area (Å²) < 4.78 is 18.8. The highest BCUT2D eigenvalue weighted by Crippen LogP contribution is 2.25. The number of likely N-dealkylation sites (tertiary alicyclic amines) is 1. The normalized spacial score (nSPS) is 14.9. The van der Waals surface area contributed by atoms with Crippen LogP contribution in [-0.2, 0) is 0 Å². The van der Waals surface area contributed by atoms with Crippen molar-refractivity contribution in [2.24, 2.45) is 5.92 Å². The minimum atomic E-state index is -0.226. The quantitative estimate of drug-likeness (QED) is 0.420. The van der Waals surface area contributed by atoms with Crippen molar-refractivity contribution in [2.75, 3.05) is 26.2 Å². The number of hydrogen-bond donors (Lipinski definition) is 0. The van der Waals surface area contributed by atoms with Crippen LogP contribution in [0.5, 0.6) is 5.75 Å². The van der Waals surface area contributed by atoms with Gasteiger partial charge in [0.15, 0.2) is 0 Å². The van der Waals surface area contributed by atoms with Gasteiger partial charge in [0.05, 0.1) is 6.61 Å². The van der Waals surface area contributed by atoms with E-state index in [4.69, 9.17) is 4.74 Å². The van der Waals surface area contributed by atoms with Crippen LogP contribution in [0.2, 0.25) is 0 Å². The third-order valence-corrected chi connectivity index (χ3v) is 6.04. The maximum absolute atomic E-state index is 13.0. The van der Waals surface area contributed by atoms with Gasteiger partial charge in [-0.05, 0) is 79.2 Å². The lowest BCUT2D eigenvalue weighted by Gasteiger charge is -2.31. The number of hydrogen-bond acceptors (Lipinski definition) is 2. The van der Waals surface area contributed by atoms with Crippen molar-refractivity contribution in [1.82, 2.24) is 4.90 Å². The van der Waals surface area contributed by atoms with Gasteiger partial charge in [0.25, 0.3) is 0 Å². The highest BCUT2D eigenvalue weighted by molar-refractivity contribution is 5.79. The fraction of sp³-hybridized carbons (Fsp3) is 0.286. The molecule has 31 heavy (non-hydrogen) atoms. The first-order chi connectivity index (χ1) is 15.3. The van der Waals surface area contributed by atoms with E-state index in [0.717, 1.165) is 31.8 Å². The molecule has 0 atom stereocenters. The van der Waals surface area contributed by atoms with E-state index in [1.54, 1.807) is 12.1 Å². The second-order valence-corrected chi connectivity index (χ2v) is 8.18. The maximum Gasteiger partial charge on any atom is 0.123 e. The summed E-state index contributed by atoms with van der Waals surface area (Å²) >= 11 is 0. The highest BCUT2D eigenvalue weighted by Gasteiger charge is 2.18. The molecule has 1 saturated heterocycles. The molecule has 0 unspecified atom stereocenters. The molecule has 3 aromatic carbocycles. The molecule has 0 bridgehead atoms. The number of halogens is 1. The molecule has 0 aliphatic carbocycles. The van der Waals surface area contributed by atoms with Gasteiger partial charge in [0.1, 0.15) is 11.6 Å². The van der Waals surface area contributed by atoms with Crippen LogP contribution in [0.3, 0.4) is 0 Å². The second kappa shape index (κ2) is 10.9. The molecule has 2 nitrogen and oxygen atoms in total. The number of nitrogens with zero attached hydrogens (tertiary/aromatic N) is 1. The van der Waals surface area contributed by atoms with Gasteiger partial charge in [-0.3, -0.25) is 4.90 Å². The van der Waals surface area contributed by atoms with Crippen molar-refractivity contribution in [2.45, 2.75) is 19.3 Å². The lowest BCUT2D eigenvalue weighted by Crippen LogP contribution is -2.34. The Labute approximate surface area is 185 Å². The van der Waals surface area contributed by atoms with Crippen LogP contribution < -0.4 is 4.74 Å². The van der Waals surface area contributed by atoms with E-state index in [2.05, 4.69) is 71.6 Å². The highest BCUT2D eigenvalue weighted by atomic mass is 19.1. The van der Waals surface area contributed by atoms with Crippen molar-refractivity contribution in [3.05, 3.63) is 108 Å². The molecule has 1 aliphatic rings. The van der Waals surface area contributed by atoms with Crippen LogP contribution in [-0.4, -0.2) is 31.1 Å². The smallest absolute Gasteiger partial charge is 0.123 e. The van der Waals surface area contributed by atoms with E-state index in [1.165, 1.54) is 41.7 Å². The molecule has 3 heteroatoms. The Balaban J connectivity index is 1.28. The Morgan fingerprint density at radius 2 is 1.42 bits per heavy atom. The minimum absolute atomic E-state index is 0.226. The van der Waals surface area contributed by atoms with Crippen LogP contribution in [0.25, 0.3) is 5.57 Å². The molecule has 0 radical (unpaired) electrons. The molecule has 4 rings (SSSR count). The van der Waals surface area contributed by atoms with Gasteiger partial charge in [-0.25, -0.2) is 4.39 Å². The number of rotatable bonds is 8. The van der Waals surface area contributed by atoms with Crippen molar-refractivity contribution in [1.29, 1.82) is 0 Å². The van der Waals surface area contributed by atoms with E-state index in [9.17, 15) is 4.39 Å². The number of benzene rings is 3. The van der Waals surface area contributed by atoms with Crippen LogP contribution in [0, 0.1) is 11.7 Å². The Bertz CT molecular complexity index is 904. The summed E-state index contributed by atoms with van der Waals surface area (Å²) in [6.45, 7) is 3.91. The van der Waals surface area contributed by atoms with E-state index >= 15 is 0 Å². The molecular formula is C28H30FNO. The van der Waals surface area contributed by atoms with Gasteiger partial charge in [-0.1, -0.05) is 66.7 Å². The molecule has 3 aromatic rings. The van der Waals surface area contributed by atoms with Gasteiger partial charge >= 0.3 is 0 Å². The Morgan fingerprint density at radius 3 is 2.00 bits per heavy atom. The first kappa shape index (κ1) is 21.3. The zero-order chi connectivity index (χ0) is 21.3. The Morgan fingerprint density at radius 1 is 0.839 bits per heavy atom. The Hall–Kier alpha value is -2.91. The molecule has 1 heterocycles. The summed E-state index contributed by atoms with van der Waals surface area (Å²) in [5.41, 5.74) is 3.83.